The molecule has 0 saturated heterocycles. The number of hydrogen-bond acceptors (Lipinski definition) is 3. The first kappa shape index (κ1) is 16.0. The second-order valence-electron chi connectivity index (χ2n) is 3.42. The zero-order valence-corrected chi connectivity index (χ0v) is 10.5. The van der Waals surface area contributed by atoms with Gasteiger partial charge in [0.2, 0.25) is 0 Å². The van der Waals surface area contributed by atoms with Gasteiger partial charge in [0.25, 0.3) is 0 Å². The van der Waals surface area contributed by atoms with Gasteiger partial charge in [-0.15, -0.1) is 0 Å². The molecule has 0 radical (unpaired) electrons. The molecule has 0 amide bonds. The van der Waals surface area contributed by atoms with Gasteiger partial charge in [-0.3, -0.25) is 4.99 Å². The number of sulfone groups is 1. The quantitative estimate of drug-likeness (QED) is 0.553. The molecule has 0 aromatic heterocycles. The van der Waals surface area contributed by atoms with E-state index in [-0.39, 0.29) is 24.8 Å². The Balaban J connectivity index is 3.87. The fraction of sp³-hybridized carbons (Fsp3) is 0.875. The molecule has 0 bridgehead atoms. The lowest BCUT2D eigenvalue weighted by molar-refractivity contribution is -0.132. The van der Waals surface area contributed by atoms with Gasteiger partial charge in [0.05, 0.1) is 12.2 Å². The number of halogens is 3. The summed E-state index contributed by atoms with van der Waals surface area (Å²) in [6.07, 6.45) is -4.12. The first-order valence-corrected chi connectivity index (χ1v) is 6.89. The van der Waals surface area contributed by atoms with E-state index in [4.69, 9.17) is 0 Å². The topological polar surface area (TPSA) is 70.6 Å². The van der Waals surface area contributed by atoms with Crippen LogP contribution >= 0.6 is 0 Å². The summed E-state index contributed by atoms with van der Waals surface area (Å²) in [5.41, 5.74) is 0. The van der Waals surface area contributed by atoms with Crippen molar-refractivity contribution in [3.63, 3.8) is 0 Å². The summed E-state index contributed by atoms with van der Waals surface area (Å²) < 4.78 is 57.1. The van der Waals surface area contributed by atoms with Crippen LogP contribution in [0.3, 0.4) is 0 Å². The van der Waals surface area contributed by atoms with Crippen molar-refractivity contribution in [1.82, 2.24) is 10.6 Å². The minimum atomic E-state index is -4.22. The van der Waals surface area contributed by atoms with Crippen LogP contribution in [-0.4, -0.2) is 52.7 Å². The highest BCUT2D eigenvalue weighted by molar-refractivity contribution is 7.90. The molecule has 102 valence electrons. The fourth-order valence-corrected chi connectivity index (χ4v) is 1.37. The van der Waals surface area contributed by atoms with Crippen LogP contribution in [-0.2, 0) is 9.84 Å². The number of alkyl halides is 3. The molecule has 0 aromatic rings. The highest BCUT2D eigenvalue weighted by Gasteiger charge is 2.26. The minimum absolute atomic E-state index is 0.102. The van der Waals surface area contributed by atoms with E-state index in [1.165, 1.54) is 7.05 Å². The van der Waals surface area contributed by atoms with Crippen molar-refractivity contribution < 1.29 is 21.6 Å². The van der Waals surface area contributed by atoms with Crippen molar-refractivity contribution in [2.24, 2.45) is 4.99 Å². The van der Waals surface area contributed by atoms with E-state index < -0.39 is 22.4 Å². The van der Waals surface area contributed by atoms with Crippen molar-refractivity contribution in [2.45, 2.75) is 12.6 Å². The monoisotopic (exact) mass is 275 g/mol. The van der Waals surface area contributed by atoms with Gasteiger partial charge in [-0.1, -0.05) is 0 Å². The molecule has 0 aliphatic carbocycles. The summed E-state index contributed by atoms with van der Waals surface area (Å²) in [6, 6.07) is 0. The molecule has 0 unspecified atom stereocenters. The number of aliphatic imine (C=N–C) groups is 1. The number of hydrogen-bond donors (Lipinski definition) is 2. The second kappa shape index (κ2) is 6.67. The van der Waals surface area contributed by atoms with Gasteiger partial charge >= 0.3 is 6.18 Å². The first-order chi connectivity index (χ1) is 7.64. The number of rotatable bonds is 5. The summed E-state index contributed by atoms with van der Waals surface area (Å²) in [6.45, 7) is -0.202. The Morgan fingerprint density at radius 3 is 2.18 bits per heavy atom. The van der Waals surface area contributed by atoms with Crippen LogP contribution in [0, 0.1) is 0 Å². The van der Waals surface area contributed by atoms with Gasteiger partial charge in [-0.05, 0) is 0 Å². The molecule has 0 heterocycles. The van der Waals surface area contributed by atoms with Crippen LogP contribution < -0.4 is 10.6 Å². The van der Waals surface area contributed by atoms with Crippen LogP contribution in [0.15, 0.2) is 4.99 Å². The summed E-state index contributed by atoms with van der Waals surface area (Å²) in [4.78, 5) is 3.66. The average Bonchev–Trinajstić information content (AvgIpc) is 2.11. The van der Waals surface area contributed by atoms with Crippen LogP contribution in [0.5, 0.6) is 0 Å². The summed E-state index contributed by atoms with van der Waals surface area (Å²) in [5.74, 6) is 0.0466. The van der Waals surface area contributed by atoms with Crippen molar-refractivity contribution in [3.8, 4) is 0 Å². The van der Waals surface area contributed by atoms with E-state index >= 15 is 0 Å². The maximum Gasteiger partial charge on any atom is 0.390 e. The second-order valence-corrected chi connectivity index (χ2v) is 5.68. The third kappa shape index (κ3) is 11.3. The fourth-order valence-electron chi connectivity index (χ4n) is 0.898. The van der Waals surface area contributed by atoms with Crippen molar-refractivity contribution >= 4 is 15.8 Å². The molecule has 0 aliphatic heterocycles. The highest BCUT2D eigenvalue weighted by Crippen LogP contribution is 2.17. The molecule has 17 heavy (non-hydrogen) atoms. The van der Waals surface area contributed by atoms with Crippen LogP contribution in [0.1, 0.15) is 6.42 Å². The summed E-state index contributed by atoms with van der Waals surface area (Å²) >= 11 is 0. The Hall–Kier alpha value is -0.990. The van der Waals surface area contributed by atoms with E-state index in [9.17, 15) is 21.6 Å². The predicted octanol–water partition coefficient (Wildman–Crippen LogP) is 0.148. The zero-order valence-electron chi connectivity index (χ0n) is 9.63. The number of nitrogens with one attached hydrogen (secondary N) is 2. The third-order valence-electron chi connectivity index (χ3n) is 1.69. The van der Waals surface area contributed by atoms with Gasteiger partial charge < -0.3 is 10.6 Å². The Labute approximate surface area is 98.4 Å². The van der Waals surface area contributed by atoms with Crippen molar-refractivity contribution in [3.05, 3.63) is 0 Å². The normalized spacial score (nSPS) is 13.6. The SMILES string of the molecule is CN=C(NCCC(F)(F)F)NCCS(C)(=O)=O. The smallest absolute Gasteiger partial charge is 0.356 e. The molecule has 9 heteroatoms. The molecule has 2 N–H and O–H groups in total. The Bertz CT molecular complexity index is 352. The zero-order chi connectivity index (χ0) is 13.5. The molecule has 0 fully saturated rings. The van der Waals surface area contributed by atoms with Crippen LogP contribution in [0.25, 0.3) is 0 Å². The molecule has 5 nitrogen and oxygen atoms in total. The molecule has 0 aromatic carbocycles. The van der Waals surface area contributed by atoms with E-state index in [0.717, 1.165) is 6.26 Å². The third-order valence-corrected chi connectivity index (χ3v) is 2.64. The number of guanidine groups is 1. The first-order valence-electron chi connectivity index (χ1n) is 4.83. The summed E-state index contributed by atoms with van der Waals surface area (Å²) in [5, 5.41) is 5.04. The maximum absolute atomic E-state index is 11.8. The van der Waals surface area contributed by atoms with Gasteiger partial charge in [0, 0.05) is 26.4 Å². The van der Waals surface area contributed by atoms with Crippen LogP contribution in [0.4, 0.5) is 13.2 Å². The maximum atomic E-state index is 11.8. The van der Waals surface area contributed by atoms with E-state index in [1.54, 1.807) is 0 Å². The van der Waals surface area contributed by atoms with Gasteiger partial charge in [0.1, 0.15) is 9.84 Å². The molecule has 0 rings (SSSR count). The highest BCUT2D eigenvalue weighted by atomic mass is 32.2. The largest absolute Gasteiger partial charge is 0.390 e. The predicted molar refractivity (Wildman–Crippen MR) is 59.7 cm³/mol. The number of nitrogens with zero attached hydrogens (tertiary/aromatic N) is 1. The van der Waals surface area contributed by atoms with E-state index in [0.29, 0.717) is 0 Å². The Kier molecular flexibility index (Phi) is 6.29. The standard InChI is InChI=1S/C8H16F3N3O2S/c1-12-7(13-4-3-8(9,10)11)14-5-6-17(2,15)16/h3-6H2,1-2H3,(H2,12,13,14). The average molecular weight is 275 g/mol. The molecular weight excluding hydrogens is 259 g/mol. The lowest BCUT2D eigenvalue weighted by Crippen LogP contribution is -2.40. The van der Waals surface area contributed by atoms with Gasteiger partial charge in [0.15, 0.2) is 5.96 Å². The molecular formula is C8H16F3N3O2S. The van der Waals surface area contributed by atoms with E-state index in [1.807, 2.05) is 0 Å². The molecule has 0 atom stereocenters. The van der Waals surface area contributed by atoms with Crippen molar-refractivity contribution in [2.75, 3.05) is 32.1 Å². The van der Waals surface area contributed by atoms with E-state index in [2.05, 4.69) is 15.6 Å². The van der Waals surface area contributed by atoms with Crippen molar-refractivity contribution in [1.29, 1.82) is 0 Å². The van der Waals surface area contributed by atoms with Gasteiger partial charge in [-0.2, -0.15) is 13.2 Å². The van der Waals surface area contributed by atoms with Gasteiger partial charge in [-0.25, -0.2) is 8.42 Å². The Morgan fingerprint density at radius 2 is 1.76 bits per heavy atom. The molecule has 0 saturated carbocycles. The minimum Gasteiger partial charge on any atom is -0.356 e. The van der Waals surface area contributed by atoms with Crippen LogP contribution in [0.2, 0.25) is 0 Å². The lowest BCUT2D eigenvalue weighted by Gasteiger charge is -2.12. The lowest BCUT2D eigenvalue weighted by atomic mass is 10.4. The Morgan fingerprint density at radius 1 is 1.24 bits per heavy atom. The summed E-state index contributed by atoms with van der Waals surface area (Å²) in [7, 11) is -1.70. The molecule has 0 aliphatic rings. The molecule has 0 spiro atoms.